The molecule has 292 valence electrons. The van der Waals surface area contributed by atoms with Gasteiger partial charge in [0.2, 0.25) is 0 Å². The molecule has 0 unspecified atom stereocenters. The maximum Gasteiger partial charge on any atom is 0.136 e. The van der Waals surface area contributed by atoms with E-state index in [0.29, 0.717) is 5.92 Å². The highest BCUT2D eigenvalue weighted by Crippen LogP contribution is 2.48. The summed E-state index contributed by atoms with van der Waals surface area (Å²) in [7, 11) is 0. The summed E-state index contributed by atoms with van der Waals surface area (Å²) in [5.41, 5.74) is 15.5. The highest BCUT2D eigenvalue weighted by atomic mass is 16.3. The van der Waals surface area contributed by atoms with Crippen molar-refractivity contribution in [2.75, 3.05) is 4.90 Å². The molecule has 0 amide bonds. The van der Waals surface area contributed by atoms with E-state index in [1.165, 1.54) is 59.6 Å². The summed E-state index contributed by atoms with van der Waals surface area (Å²) in [5, 5.41) is 7.20. The lowest BCUT2D eigenvalue weighted by Gasteiger charge is -2.31. The van der Waals surface area contributed by atoms with Crippen LogP contribution < -0.4 is 4.90 Å². The van der Waals surface area contributed by atoms with E-state index < -0.39 is 0 Å². The van der Waals surface area contributed by atoms with Gasteiger partial charge in [-0.2, -0.15) is 0 Å². The van der Waals surface area contributed by atoms with Crippen molar-refractivity contribution >= 4 is 71.7 Å². The molecule has 0 atom stereocenters. The van der Waals surface area contributed by atoms with Crippen molar-refractivity contribution in [2.24, 2.45) is 0 Å². The standard InChI is InChI=1S/C58H43NO2/c1-2-15-38(16-3-1)44-23-12-17-40-18-13-25-48(57(40)44)46-20-5-9-27-52(46)59(42-34-31-39(32-35-42)45-24-14-30-56-58(45)49-22-7-11-29-54(49)61-56)51-26-8-4-19-43(51)41-33-36-55-50(37-41)47-21-6-10-28-53(47)60-55/h4-14,17-38H,1-3,15-16H2. The van der Waals surface area contributed by atoms with Crippen LogP contribution in [0.4, 0.5) is 17.1 Å². The number of nitrogens with zero attached hydrogens (tertiary/aromatic N) is 1. The predicted octanol–water partition coefficient (Wildman–Crippen LogP) is 17.2. The molecule has 3 heteroatoms. The number of furan rings is 2. The van der Waals surface area contributed by atoms with Crippen LogP contribution in [0.1, 0.15) is 43.6 Å². The van der Waals surface area contributed by atoms with Crippen LogP contribution in [0.15, 0.2) is 203 Å². The molecule has 2 aromatic heterocycles. The molecule has 0 saturated heterocycles. The number of rotatable bonds is 7. The van der Waals surface area contributed by atoms with Gasteiger partial charge >= 0.3 is 0 Å². The summed E-state index contributed by atoms with van der Waals surface area (Å²) < 4.78 is 12.6. The third-order valence-corrected chi connectivity index (χ3v) is 13.1. The molecule has 0 aliphatic heterocycles. The van der Waals surface area contributed by atoms with E-state index >= 15 is 0 Å². The first-order valence-electron chi connectivity index (χ1n) is 21.7. The lowest BCUT2D eigenvalue weighted by atomic mass is 9.80. The third-order valence-electron chi connectivity index (χ3n) is 13.1. The molecule has 61 heavy (non-hydrogen) atoms. The van der Waals surface area contributed by atoms with Gasteiger partial charge in [-0.15, -0.1) is 0 Å². The fourth-order valence-electron chi connectivity index (χ4n) is 10.3. The van der Waals surface area contributed by atoms with Crippen LogP contribution in [0.2, 0.25) is 0 Å². The molecule has 0 bridgehead atoms. The molecule has 0 radical (unpaired) electrons. The van der Waals surface area contributed by atoms with E-state index in [2.05, 4.69) is 181 Å². The minimum Gasteiger partial charge on any atom is -0.456 e. The molecule has 1 aliphatic carbocycles. The molecule has 9 aromatic carbocycles. The molecule has 11 aromatic rings. The van der Waals surface area contributed by atoms with Crippen molar-refractivity contribution in [3.63, 3.8) is 0 Å². The maximum atomic E-state index is 6.31. The summed E-state index contributed by atoms with van der Waals surface area (Å²) in [5.74, 6) is 0.570. The first kappa shape index (κ1) is 35.6. The summed E-state index contributed by atoms with van der Waals surface area (Å²) in [6, 6.07) is 70.4. The van der Waals surface area contributed by atoms with Gasteiger partial charge in [-0.3, -0.25) is 0 Å². The van der Waals surface area contributed by atoms with Crippen molar-refractivity contribution in [2.45, 2.75) is 38.0 Å². The number of anilines is 3. The fraction of sp³-hybridized carbons (Fsp3) is 0.103. The van der Waals surface area contributed by atoms with E-state index in [4.69, 9.17) is 8.83 Å². The first-order chi connectivity index (χ1) is 30.3. The number of hydrogen-bond acceptors (Lipinski definition) is 3. The molecular weight excluding hydrogens is 743 g/mol. The number of hydrogen-bond donors (Lipinski definition) is 0. The molecule has 1 aliphatic rings. The normalized spacial score (nSPS) is 13.5. The van der Waals surface area contributed by atoms with Gasteiger partial charge in [-0.05, 0) is 112 Å². The topological polar surface area (TPSA) is 29.5 Å². The summed E-state index contributed by atoms with van der Waals surface area (Å²) in [6.07, 6.45) is 6.43. The highest BCUT2D eigenvalue weighted by Gasteiger charge is 2.24. The number of fused-ring (bicyclic) bond motifs is 7. The van der Waals surface area contributed by atoms with Crippen molar-refractivity contribution in [3.8, 4) is 33.4 Å². The summed E-state index contributed by atoms with van der Waals surface area (Å²) in [4.78, 5) is 2.47. The maximum absolute atomic E-state index is 6.31. The van der Waals surface area contributed by atoms with Crippen LogP contribution in [0.5, 0.6) is 0 Å². The Morgan fingerprint density at radius 3 is 1.77 bits per heavy atom. The molecule has 1 saturated carbocycles. The average molecular weight is 786 g/mol. The van der Waals surface area contributed by atoms with Gasteiger partial charge in [-0.1, -0.05) is 159 Å². The largest absolute Gasteiger partial charge is 0.456 e. The van der Waals surface area contributed by atoms with Crippen molar-refractivity contribution in [1.82, 2.24) is 0 Å². The Bertz CT molecular complexity index is 3410. The van der Waals surface area contributed by atoms with Crippen molar-refractivity contribution in [1.29, 1.82) is 0 Å². The molecule has 2 heterocycles. The van der Waals surface area contributed by atoms with Crippen LogP contribution in [0.3, 0.4) is 0 Å². The lowest BCUT2D eigenvalue weighted by molar-refractivity contribution is 0.445. The molecule has 0 N–H and O–H groups in total. The second kappa shape index (κ2) is 14.7. The van der Waals surface area contributed by atoms with E-state index in [0.717, 1.165) is 83.2 Å². The zero-order chi connectivity index (χ0) is 40.3. The van der Waals surface area contributed by atoms with Gasteiger partial charge < -0.3 is 13.7 Å². The number of para-hydroxylation sites is 4. The second-order valence-corrected chi connectivity index (χ2v) is 16.6. The van der Waals surface area contributed by atoms with E-state index in [-0.39, 0.29) is 0 Å². The van der Waals surface area contributed by atoms with E-state index in [9.17, 15) is 0 Å². The Hall–Kier alpha value is -7.36. The third kappa shape index (κ3) is 6.03. The molecule has 12 rings (SSSR count). The first-order valence-corrected chi connectivity index (χ1v) is 21.7. The van der Waals surface area contributed by atoms with Crippen LogP contribution in [-0.4, -0.2) is 0 Å². The Morgan fingerprint density at radius 2 is 0.951 bits per heavy atom. The van der Waals surface area contributed by atoms with Gasteiger partial charge in [0.25, 0.3) is 0 Å². The Labute approximate surface area is 355 Å². The fourth-order valence-corrected chi connectivity index (χ4v) is 10.3. The van der Waals surface area contributed by atoms with Crippen molar-refractivity contribution < 1.29 is 8.83 Å². The lowest BCUT2D eigenvalue weighted by Crippen LogP contribution is -2.12. The average Bonchev–Trinajstić information content (AvgIpc) is 3.90. The molecule has 1 fully saturated rings. The minimum atomic E-state index is 0.570. The van der Waals surface area contributed by atoms with Gasteiger partial charge in [0.15, 0.2) is 0 Å². The Kier molecular flexibility index (Phi) is 8.59. The number of benzene rings is 9. The predicted molar refractivity (Wildman–Crippen MR) is 255 cm³/mol. The smallest absolute Gasteiger partial charge is 0.136 e. The Balaban J connectivity index is 1.07. The van der Waals surface area contributed by atoms with E-state index in [1.54, 1.807) is 0 Å². The van der Waals surface area contributed by atoms with Crippen LogP contribution in [-0.2, 0) is 0 Å². The highest BCUT2D eigenvalue weighted by molar-refractivity contribution is 6.13. The summed E-state index contributed by atoms with van der Waals surface area (Å²) >= 11 is 0. The van der Waals surface area contributed by atoms with E-state index in [1.807, 2.05) is 18.2 Å². The second-order valence-electron chi connectivity index (χ2n) is 16.6. The zero-order valence-corrected chi connectivity index (χ0v) is 33.9. The molecule has 0 spiro atoms. The summed E-state index contributed by atoms with van der Waals surface area (Å²) in [6.45, 7) is 0. The minimum absolute atomic E-state index is 0.570. The van der Waals surface area contributed by atoms with Crippen LogP contribution in [0.25, 0.3) is 88.0 Å². The molecular formula is C58H43NO2. The van der Waals surface area contributed by atoms with Gasteiger partial charge in [0.1, 0.15) is 22.3 Å². The van der Waals surface area contributed by atoms with Crippen LogP contribution in [0, 0.1) is 0 Å². The SMILES string of the molecule is c1ccc(N(c2ccc(-c3cccc4oc5ccccc5c34)cc2)c2ccccc2-c2cccc3cccc(C4CCCCC4)c23)c(-c2ccc3oc4ccccc4c3c2)c1. The van der Waals surface area contributed by atoms with Crippen molar-refractivity contribution in [3.05, 3.63) is 200 Å². The Morgan fingerprint density at radius 1 is 0.377 bits per heavy atom. The quantitative estimate of drug-likeness (QED) is 0.161. The zero-order valence-electron chi connectivity index (χ0n) is 33.9. The molecule has 3 nitrogen and oxygen atoms in total. The monoisotopic (exact) mass is 785 g/mol. The van der Waals surface area contributed by atoms with Gasteiger partial charge in [0.05, 0.1) is 11.4 Å². The van der Waals surface area contributed by atoms with Gasteiger partial charge in [-0.25, -0.2) is 0 Å². The van der Waals surface area contributed by atoms with Gasteiger partial charge in [0, 0.05) is 38.4 Å². The van der Waals surface area contributed by atoms with Crippen LogP contribution >= 0.6 is 0 Å².